The van der Waals surface area contributed by atoms with Crippen molar-refractivity contribution in [1.29, 1.82) is 5.26 Å². The number of nitrogens with zero attached hydrogens (tertiary/aromatic N) is 2. The van der Waals surface area contributed by atoms with Crippen molar-refractivity contribution in [1.82, 2.24) is 4.90 Å². The molecule has 1 atom stereocenters. The summed E-state index contributed by atoms with van der Waals surface area (Å²) in [6.45, 7) is 3.64. The summed E-state index contributed by atoms with van der Waals surface area (Å²) in [7, 11) is 1.63. The van der Waals surface area contributed by atoms with E-state index < -0.39 is 0 Å². The monoisotopic (exact) mass is 232 g/mol. The van der Waals surface area contributed by atoms with Gasteiger partial charge in [0.15, 0.2) is 0 Å². The molecular formula is C13H16N2O2. The second-order valence-electron chi connectivity index (χ2n) is 4.15. The molecular weight excluding hydrogens is 216 g/mol. The SMILES string of the molecule is Cc1ccc(C(=O)N(C)C(C)CC#N)c(O)c1. The molecule has 0 saturated heterocycles. The smallest absolute Gasteiger partial charge is 0.257 e. The molecule has 4 nitrogen and oxygen atoms in total. The van der Waals surface area contributed by atoms with E-state index in [1.54, 1.807) is 32.2 Å². The van der Waals surface area contributed by atoms with Crippen molar-refractivity contribution < 1.29 is 9.90 Å². The zero-order valence-corrected chi connectivity index (χ0v) is 10.3. The van der Waals surface area contributed by atoms with E-state index in [-0.39, 0.29) is 29.7 Å². The number of rotatable bonds is 3. The molecule has 90 valence electrons. The molecule has 0 radical (unpaired) electrons. The first-order valence-corrected chi connectivity index (χ1v) is 5.41. The highest BCUT2D eigenvalue weighted by Crippen LogP contribution is 2.20. The van der Waals surface area contributed by atoms with Gasteiger partial charge in [0.05, 0.1) is 18.1 Å². The highest BCUT2D eigenvalue weighted by Gasteiger charge is 2.19. The van der Waals surface area contributed by atoms with Crippen molar-refractivity contribution >= 4 is 5.91 Å². The van der Waals surface area contributed by atoms with Gasteiger partial charge in [0.2, 0.25) is 0 Å². The predicted octanol–water partition coefficient (Wildman–Crippen LogP) is 2.07. The van der Waals surface area contributed by atoms with E-state index in [4.69, 9.17) is 5.26 Å². The Hall–Kier alpha value is -2.02. The fourth-order valence-corrected chi connectivity index (χ4v) is 1.48. The van der Waals surface area contributed by atoms with Crippen LogP contribution in [0.2, 0.25) is 0 Å². The summed E-state index contributed by atoms with van der Waals surface area (Å²) in [5.41, 5.74) is 1.16. The highest BCUT2D eigenvalue weighted by molar-refractivity contribution is 5.96. The molecule has 1 unspecified atom stereocenters. The Bertz CT molecular complexity index is 463. The first-order chi connectivity index (χ1) is 7.97. The van der Waals surface area contributed by atoms with Crippen molar-refractivity contribution in [2.45, 2.75) is 26.3 Å². The van der Waals surface area contributed by atoms with Crippen molar-refractivity contribution in [2.24, 2.45) is 0 Å². The van der Waals surface area contributed by atoms with E-state index in [1.807, 2.05) is 13.0 Å². The molecule has 0 aliphatic carbocycles. The normalized spacial score (nSPS) is 11.6. The number of nitriles is 1. The second kappa shape index (κ2) is 5.35. The summed E-state index contributed by atoms with van der Waals surface area (Å²) in [5, 5.41) is 18.3. The van der Waals surface area contributed by atoms with Gasteiger partial charge in [0, 0.05) is 13.1 Å². The van der Waals surface area contributed by atoms with E-state index in [9.17, 15) is 9.90 Å². The molecule has 0 aromatic heterocycles. The van der Waals surface area contributed by atoms with Crippen molar-refractivity contribution in [3.63, 3.8) is 0 Å². The number of benzene rings is 1. The van der Waals surface area contributed by atoms with Crippen LogP contribution in [0.25, 0.3) is 0 Å². The zero-order valence-electron chi connectivity index (χ0n) is 10.3. The molecule has 1 N–H and O–H groups in total. The molecule has 1 rings (SSSR count). The lowest BCUT2D eigenvalue weighted by molar-refractivity contribution is 0.0743. The molecule has 1 aromatic rings. The maximum atomic E-state index is 12.0. The van der Waals surface area contributed by atoms with Crippen LogP contribution in [0.1, 0.15) is 29.3 Å². The molecule has 0 aliphatic heterocycles. The van der Waals surface area contributed by atoms with Gasteiger partial charge in [-0.15, -0.1) is 0 Å². The number of phenolic OH excluding ortho intramolecular Hbond substituents is 1. The van der Waals surface area contributed by atoms with Crippen molar-refractivity contribution in [2.75, 3.05) is 7.05 Å². The predicted molar refractivity (Wildman–Crippen MR) is 64.6 cm³/mol. The third kappa shape index (κ3) is 2.97. The number of aryl methyl sites for hydroxylation is 1. The van der Waals surface area contributed by atoms with Gasteiger partial charge in [-0.3, -0.25) is 4.79 Å². The van der Waals surface area contributed by atoms with Crippen LogP contribution in [-0.4, -0.2) is 29.0 Å². The Morgan fingerprint density at radius 3 is 2.76 bits per heavy atom. The van der Waals surface area contributed by atoms with Crippen LogP contribution in [0.5, 0.6) is 5.75 Å². The quantitative estimate of drug-likeness (QED) is 0.867. The van der Waals surface area contributed by atoms with Gasteiger partial charge in [-0.25, -0.2) is 0 Å². The number of hydrogen-bond acceptors (Lipinski definition) is 3. The summed E-state index contributed by atoms with van der Waals surface area (Å²) in [6, 6.07) is 6.77. The lowest BCUT2D eigenvalue weighted by Crippen LogP contribution is -2.34. The van der Waals surface area contributed by atoms with E-state index in [1.165, 1.54) is 4.90 Å². The lowest BCUT2D eigenvalue weighted by atomic mass is 10.1. The van der Waals surface area contributed by atoms with Crippen LogP contribution in [0.15, 0.2) is 18.2 Å². The number of carbonyl (C=O) groups is 1. The Labute approximate surface area is 101 Å². The maximum Gasteiger partial charge on any atom is 0.257 e. The Morgan fingerprint density at radius 1 is 1.59 bits per heavy atom. The van der Waals surface area contributed by atoms with Crippen LogP contribution in [0, 0.1) is 18.3 Å². The average molecular weight is 232 g/mol. The largest absolute Gasteiger partial charge is 0.507 e. The van der Waals surface area contributed by atoms with Gasteiger partial charge in [-0.2, -0.15) is 5.26 Å². The molecule has 0 aliphatic rings. The number of hydrogen-bond donors (Lipinski definition) is 1. The van der Waals surface area contributed by atoms with Crippen LogP contribution >= 0.6 is 0 Å². The summed E-state index contributed by atoms with van der Waals surface area (Å²) in [5.74, 6) is -0.295. The van der Waals surface area contributed by atoms with Crippen LogP contribution in [-0.2, 0) is 0 Å². The fourth-order valence-electron chi connectivity index (χ4n) is 1.48. The van der Waals surface area contributed by atoms with Gasteiger partial charge in [0.1, 0.15) is 5.75 Å². The van der Waals surface area contributed by atoms with E-state index in [0.29, 0.717) is 0 Å². The van der Waals surface area contributed by atoms with Gasteiger partial charge >= 0.3 is 0 Å². The third-order valence-corrected chi connectivity index (χ3v) is 2.75. The minimum absolute atomic E-state index is 0.0222. The van der Waals surface area contributed by atoms with Gasteiger partial charge in [-0.1, -0.05) is 6.07 Å². The fraction of sp³-hybridized carbons (Fsp3) is 0.385. The Kier molecular flexibility index (Phi) is 4.11. The Morgan fingerprint density at radius 2 is 2.24 bits per heavy atom. The first kappa shape index (κ1) is 13.0. The molecule has 1 amide bonds. The standard InChI is InChI=1S/C13H16N2O2/c1-9-4-5-11(12(16)8-9)13(17)15(3)10(2)6-7-14/h4-5,8,10,16H,6H2,1-3H3. The zero-order chi connectivity index (χ0) is 13.0. The minimum atomic E-state index is -0.273. The summed E-state index contributed by atoms with van der Waals surface area (Å²) >= 11 is 0. The molecule has 0 bridgehead atoms. The minimum Gasteiger partial charge on any atom is -0.507 e. The van der Waals surface area contributed by atoms with Gasteiger partial charge in [-0.05, 0) is 31.5 Å². The molecule has 4 heteroatoms. The summed E-state index contributed by atoms with van der Waals surface area (Å²) in [6.07, 6.45) is 0.273. The number of amides is 1. The van der Waals surface area contributed by atoms with Gasteiger partial charge < -0.3 is 10.0 Å². The van der Waals surface area contributed by atoms with Crippen molar-refractivity contribution in [3.8, 4) is 11.8 Å². The summed E-state index contributed by atoms with van der Waals surface area (Å²) in [4.78, 5) is 13.5. The Balaban J connectivity index is 2.93. The lowest BCUT2D eigenvalue weighted by Gasteiger charge is -2.23. The molecule has 0 fully saturated rings. The van der Waals surface area contributed by atoms with Gasteiger partial charge in [0.25, 0.3) is 5.91 Å². The van der Waals surface area contributed by atoms with Crippen LogP contribution < -0.4 is 0 Å². The number of aromatic hydroxyl groups is 1. The van der Waals surface area contributed by atoms with E-state index in [0.717, 1.165) is 5.56 Å². The third-order valence-electron chi connectivity index (χ3n) is 2.75. The van der Waals surface area contributed by atoms with Crippen LogP contribution in [0.4, 0.5) is 0 Å². The molecule has 0 saturated carbocycles. The number of phenols is 1. The number of carbonyl (C=O) groups excluding carboxylic acids is 1. The molecule has 0 spiro atoms. The average Bonchev–Trinajstić information content (AvgIpc) is 2.27. The van der Waals surface area contributed by atoms with Crippen LogP contribution in [0.3, 0.4) is 0 Å². The summed E-state index contributed by atoms with van der Waals surface area (Å²) < 4.78 is 0. The topological polar surface area (TPSA) is 64.3 Å². The highest BCUT2D eigenvalue weighted by atomic mass is 16.3. The molecule has 1 aromatic carbocycles. The maximum absolute atomic E-state index is 12.0. The van der Waals surface area contributed by atoms with E-state index >= 15 is 0 Å². The molecule has 0 heterocycles. The van der Waals surface area contributed by atoms with E-state index in [2.05, 4.69) is 0 Å². The first-order valence-electron chi connectivity index (χ1n) is 5.41. The van der Waals surface area contributed by atoms with Crippen molar-refractivity contribution in [3.05, 3.63) is 29.3 Å². The second-order valence-corrected chi connectivity index (χ2v) is 4.15. The molecule has 17 heavy (non-hydrogen) atoms.